The minimum absolute atomic E-state index is 0.147. The van der Waals surface area contributed by atoms with Crippen molar-refractivity contribution in [3.63, 3.8) is 0 Å². The summed E-state index contributed by atoms with van der Waals surface area (Å²) >= 11 is 0. The van der Waals surface area contributed by atoms with Gasteiger partial charge in [0.1, 0.15) is 0 Å². The number of sulfonamides is 1. The molecule has 0 spiro atoms. The van der Waals surface area contributed by atoms with Crippen molar-refractivity contribution in [2.24, 2.45) is 17.6 Å². The molecule has 0 amide bonds. The SMILES string of the molecule is COc1cc(S(=O)(=O)NCC2CC2C)cc(CN)c1OC. The molecule has 2 atom stereocenters. The molecule has 1 aromatic carbocycles. The zero-order valence-corrected chi connectivity index (χ0v) is 13.4. The van der Waals surface area contributed by atoms with Crippen molar-refractivity contribution in [2.75, 3.05) is 20.8 Å². The topological polar surface area (TPSA) is 90.7 Å². The first kappa shape index (κ1) is 16.1. The Kier molecular flexibility index (Phi) is 4.75. The highest BCUT2D eigenvalue weighted by Gasteiger charge is 2.33. The summed E-state index contributed by atoms with van der Waals surface area (Å²) in [6.07, 6.45) is 1.07. The zero-order chi connectivity index (χ0) is 15.6. The highest BCUT2D eigenvalue weighted by atomic mass is 32.2. The van der Waals surface area contributed by atoms with E-state index in [4.69, 9.17) is 15.2 Å². The van der Waals surface area contributed by atoms with E-state index in [9.17, 15) is 8.42 Å². The molecule has 1 aliphatic rings. The van der Waals surface area contributed by atoms with E-state index in [0.29, 0.717) is 35.4 Å². The molecule has 118 valence electrons. The van der Waals surface area contributed by atoms with Crippen molar-refractivity contribution >= 4 is 10.0 Å². The van der Waals surface area contributed by atoms with Gasteiger partial charge in [0.2, 0.25) is 10.0 Å². The van der Waals surface area contributed by atoms with Crippen LogP contribution in [0.15, 0.2) is 17.0 Å². The smallest absolute Gasteiger partial charge is 0.240 e. The van der Waals surface area contributed by atoms with Crippen LogP contribution in [-0.2, 0) is 16.6 Å². The highest BCUT2D eigenvalue weighted by Crippen LogP contribution is 2.37. The molecule has 1 saturated carbocycles. The van der Waals surface area contributed by atoms with Gasteiger partial charge in [-0.25, -0.2) is 13.1 Å². The van der Waals surface area contributed by atoms with Crippen LogP contribution in [0.3, 0.4) is 0 Å². The third-order valence-corrected chi connectivity index (χ3v) is 5.27. The minimum Gasteiger partial charge on any atom is -0.493 e. The molecule has 21 heavy (non-hydrogen) atoms. The van der Waals surface area contributed by atoms with E-state index in [1.165, 1.54) is 26.4 Å². The number of nitrogens with one attached hydrogen (secondary N) is 1. The molecule has 0 aliphatic heterocycles. The molecule has 7 heteroatoms. The third kappa shape index (κ3) is 3.48. The molecule has 1 aromatic rings. The second-order valence-electron chi connectivity index (χ2n) is 5.35. The summed E-state index contributed by atoms with van der Waals surface area (Å²) < 4.78 is 37.8. The first-order valence-corrected chi connectivity index (χ1v) is 8.35. The molecular formula is C14H22N2O4S. The lowest BCUT2D eigenvalue weighted by atomic mass is 10.2. The number of benzene rings is 1. The van der Waals surface area contributed by atoms with Gasteiger partial charge in [-0.2, -0.15) is 0 Å². The standard InChI is InChI=1S/C14H22N2O4S/c1-9-4-11(9)8-16-21(17,18)12-5-10(7-15)14(20-3)13(6-12)19-2/h5-6,9,11,16H,4,7-8,15H2,1-3H3. The second-order valence-corrected chi connectivity index (χ2v) is 7.11. The molecule has 1 fully saturated rings. The van der Waals surface area contributed by atoms with Crippen molar-refractivity contribution < 1.29 is 17.9 Å². The van der Waals surface area contributed by atoms with E-state index in [1.54, 1.807) is 0 Å². The first-order valence-electron chi connectivity index (χ1n) is 6.87. The van der Waals surface area contributed by atoms with Gasteiger partial charge < -0.3 is 15.2 Å². The maximum Gasteiger partial charge on any atom is 0.240 e. The molecule has 0 saturated heterocycles. The normalized spacial score (nSPS) is 21.1. The highest BCUT2D eigenvalue weighted by molar-refractivity contribution is 7.89. The largest absolute Gasteiger partial charge is 0.493 e. The number of ether oxygens (including phenoxy) is 2. The van der Waals surface area contributed by atoms with Crippen LogP contribution in [0.5, 0.6) is 11.5 Å². The predicted molar refractivity (Wildman–Crippen MR) is 79.9 cm³/mol. The molecule has 1 aliphatic carbocycles. The lowest BCUT2D eigenvalue weighted by Gasteiger charge is -2.14. The molecule has 3 N–H and O–H groups in total. The Labute approximate surface area is 125 Å². The quantitative estimate of drug-likeness (QED) is 0.786. The van der Waals surface area contributed by atoms with Crippen LogP contribution < -0.4 is 19.9 Å². The van der Waals surface area contributed by atoms with Gasteiger partial charge in [-0.15, -0.1) is 0 Å². The van der Waals surface area contributed by atoms with E-state index >= 15 is 0 Å². The van der Waals surface area contributed by atoms with Crippen LogP contribution >= 0.6 is 0 Å². The summed E-state index contributed by atoms with van der Waals surface area (Å²) in [6, 6.07) is 2.98. The van der Waals surface area contributed by atoms with Crippen LogP contribution in [0, 0.1) is 11.8 Å². The van der Waals surface area contributed by atoms with Crippen LogP contribution in [0.1, 0.15) is 18.9 Å². The Morgan fingerprint density at radius 3 is 2.48 bits per heavy atom. The van der Waals surface area contributed by atoms with Gasteiger partial charge >= 0.3 is 0 Å². The van der Waals surface area contributed by atoms with Gasteiger partial charge in [0.25, 0.3) is 0 Å². The van der Waals surface area contributed by atoms with Crippen molar-refractivity contribution in [3.8, 4) is 11.5 Å². The van der Waals surface area contributed by atoms with E-state index in [0.717, 1.165) is 6.42 Å². The summed E-state index contributed by atoms with van der Waals surface area (Å²) in [5.41, 5.74) is 6.26. The summed E-state index contributed by atoms with van der Waals surface area (Å²) in [6.45, 7) is 2.75. The van der Waals surface area contributed by atoms with Crippen molar-refractivity contribution in [1.82, 2.24) is 4.72 Å². The fraction of sp³-hybridized carbons (Fsp3) is 0.571. The van der Waals surface area contributed by atoms with Crippen LogP contribution in [0.2, 0.25) is 0 Å². The molecule has 2 rings (SSSR count). The van der Waals surface area contributed by atoms with Gasteiger partial charge in [-0.1, -0.05) is 6.92 Å². The minimum atomic E-state index is -3.57. The van der Waals surface area contributed by atoms with Gasteiger partial charge in [-0.3, -0.25) is 0 Å². The second kappa shape index (κ2) is 6.21. The molecule has 2 unspecified atom stereocenters. The fourth-order valence-corrected chi connectivity index (χ4v) is 3.47. The van der Waals surface area contributed by atoms with E-state index in [-0.39, 0.29) is 11.4 Å². The van der Waals surface area contributed by atoms with Crippen molar-refractivity contribution in [3.05, 3.63) is 17.7 Å². The van der Waals surface area contributed by atoms with Crippen molar-refractivity contribution in [1.29, 1.82) is 0 Å². The third-order valence-electron chi connectivity index (χ3n) is 3.87. The van der Waals surface area contributed by atoms with Crippen molar-refractivity contribution in [2.45, 2.75) is 24.8 Å². The fourth-order valence-electron chi connectivity index (χ4n) is 2.31. The van der Waals surface area contributed by atoms with E-state index in [2.05, 4.69) is 11.6 Å². The molecule has 0 bridgehead atoms. The maximum atomic E-state index is 12.4. The Bertz CT molecular complexity index is 590. The molecule has 0 heterocycles. The summed E-state index contributed by atoms with van der Waals surface area (Å²) in [5, 5.41) is 0. The van der Waals surface area contributed by atoms with Gasteiger partial charge in [0, 0.05) is 24.7 Å². The summed E-state index contributed by atoms with van der Waals surface area (Å²) in [7, 11) is -0.606. The summed E-state index contributed by atoms with van der Waals surface area (Å²) in [5.74, 6) is 1.86. The summed E-state index contributed by atoms with van der Waals surface area (Å²) in [4.78, 5) is 0.147. The number of hydrogen-bond acceptors (Lipinski definition) is 5. The molecular weight excluding hydrogens is 292 g/mol. The van der Waals surface area contributed by atoms with Crippen LogP contribution in [-0.4, -0.2) is 29.2 Å². The Morgan fingerprint density at radius 2 is 2.00 bits per heavy atom. The first-order chi connectivity index (χ1) is 9.92. The number of nitrogens with two attached hydrogens (primary N) is 1. The lowest BCUT2D eigenvalue weighted by molar-refractivity contribution is 0.350. The lowest BCUT2D eigenvalue weighted by Crippen LogP contribution is -2.26. The number of hydrogen-bond donors (Lipinski definition) is 2. The van der Waals surface area contributed by atoms with Crippen LogP contribution in [0.4, 0.5) is 0 Å². The monoisotopic (exact) mass is 314 g/mol. The Balaban J connectivity index is 2.29. The Morgan fingerprint density at radius 1 is 1.33 bits per heavy atom. The van der Waals surface area contributed by atoms with Gasteiger partial charge in [-0.05, 0) is 24.3 Å². The predicted octanol–water partition coefficient (Wildman–Crippen LogP) is 1.10. The number of methoxy groups -OCH3 is 2. The van der Waals surface area contributed by atoms with Gasteiger partial charge in [0.15, 0.2) is 11.5 Å². The Hall–Kier alpha value is -1.31. The molecule has 0 radical (unpaired) electrons. The van der Waals surface area contributed by atoms with Gasteiger partial charge in [0.05, 0.1) is 19.1 Å². The van der Waals surface area contributed by atoms with E-state index < -0.39 is 10.0 Å². The average Bonchev–Trinajstić information content (AvgIpc) is 3.19. The van der Waals surface area contributed by atoms with Crippen LogP contribution in [0.25, 0.3) is 0 Å². The zero-order valence-electron chi connectivity index (χ0n) is 12.5. The van der Waals surface area contributed by atoms with E-state index in [1.807, 2.05) is 0 Å². The number of rotatable bonds is 7. The molecule has 6 nitrogen and oxygen atoms in total. The maximum absolute atomic E-state index is 12.4. The molecule has 0 aromatic heterocycles. The average molecular weight is 314 g/mol.